The Morgan fingerprint density at radius 2 is 1.80 bits per heavy atom. The number of ether oxygens (including phenoxy) is 3. The van der Waals surface area contributed by atoms with Crippen LogP contribution < -0.4 is 14.2 Å². The molecule has 10 heteroatoms. The molecule has 0 spiro atoms. The Morgan fingerprint density at radius 1 is 1.00 bits per heavy atom. The first-order valence-corrected chi connectivity index (χ1v) is 13.5. The van der Waals surface area contributed by atoms with E-state index in [9.17, 15) is 19.7 Å². The van der Waals surface area contributed by atoms with Gasteiger partial charge in [-0.05, 0) is 71.1 Å². The minimum absolute atomic E-state index is 0.0145. The van der Waals surface area contributed by atoms with Gasteiger partial charge in [0.25, 0.3) is 16.8 Å². The number of thioether (sulfide) groups is 1. The van der Waals surface area contributed by atoms with Gasteiger partial charge in [0.1, 0.15) is 19.0 Å². The Balaban J connectivity index is 1.41. The molecule has 0 radical (unpaired) electrons. The number of carbonyl (C=O) groups excluding carboxylic acids is 2. The molecule has 0 aromatic heterocycles. The van der Waals surface area contributed by atoms with E-state index in [0.717, 1.165) is 28.6 Å². The Kier molecular flexibility index (Phi) is 9.11. The molecule has 0 N–H and O–H groups in total. The van der Waals surface area contributed by atoms with Crippen LogP contribution in [0.15, 0.2) is 65.6 Å². The first-order valence-electron chi connectivity index (χ1n) is 12.7. The van der Waals surface area contributed by atoms with Crippen molar-refractivity contribution in [2.45, 2.75) is 33.3 Å². The molecule has 1 aliphatic rings. The third-order valence-electron chi connectivity index (χ3n) is 6.24. The number of imide groups is 1. The minimum atomic E-state index is -0.458. The van der Waals surface area contributed by atoms with Gasteiger partial charge in [-0.15, -0.1) is 0 Å². The molecule has 1 heterocycles. The maximum absolute atomic E-state index is 13.0. The van der Waals surface area contributed by atoms with Crippen LogP contribution in [0.5, 0.6) is 17.2 Å². The van der Waals surface area contributed by atoms with Gasteiger partial charge in [0.05, 0.1) is 23.5 Å². The lowest BCUT2D eigenvalue weighted by molar-refractivity contribution is -0.384. The van der Waals surface area contributed by atoms with E-state index < -0.39 is 4.92 Å². The van der Waals surface area contributed by atoms with E-state index in [2.05, 4.69) is 13.8 Å². The van der Waals surface area contributed by atoms with E-state index >= 15 is 0 Å². The number of nitrogens with zero attached hydrogens (tertiary/aromatic N) is 2. The second-order valence-electron chi connectivity index (χ2n) is 9.50. The molecule has 1 saturated heterocycles. The summed E-state index contributed by atoms with van der Waals surface area (Å²) in [7, 11) is 1.49. The maximum atomic E-state index is 13.0. The van der Waals surface area contributed by atoms with E-state index in [0.29, 0.717) is 27.5 Å². The van der Waals surface area contributed by atoms with Gasteiger partial charge in [0, 0.05) is 12.1 Å². The molecule has 4 rings (SSSR count). The van der Waals surface area contributed by atoms with Gasteiger partial charge in [-0.2, -0.15) is 0 Å². The maximum Gasteiger partial charge on any atom is 0.293 e. The van der Waals surface area contributed by atoms with Crippen LogP contribution in [0.2, 0.25) is 0 Å². The van der Waals surface area contributed by atoms with Crippen LogP contribution in [0.25, 0.3) is 6.08 Å². The number of methoxy groups -OCH3 is 1. The first kappa shape index (κ1) is 28.7. The highest BCUT2D eigenvalue weighted by Gasteiger charge is 2.35. The lowest BCUT2D eigenvalue weighted by atomic mass is 10.0. The number of carbonyl (C=O) groups is 2. The van der Waals surface area contributed by atoms with Crippen LogP contribution in [0.3, 0.4) is 0 Å². The quantitative estimate of drug-likeness (QED) is 0.144. The Hall–Kier alpha value is -4.31. The predicted molar refractivity (Wildman–Crippen MR) is 154 cm³/mol. The fourth-order valence-electron chi connectivity index (χ4n) is 4.15. The molecular weight excluding hydrogens is 532 g/mol. The fraction of sp³-hybridized carbons (Fsp3) is 0.267. The molecule has 1 fully saturated rings. The zero-order valence-electron chi connectivity index (χ0n) is 22.7. The van der Waals surface area contributed by atoms with Crippen LogP contribution in [0.1, 0.15) is 42.0 Å². The van der Waals surface area contributed by atoms with E-state index in [4.69, 9.17) is 14.2 Å². The summed E-state index contributed by atoms with van der Waals surface area (Å²) in [6, 6.07) is 17.4. The molecule has 0 aliphatic carbocycles. The summed E-state index contributed by atoms with van der Waals surface area (Å²) in [6.07, 6.45) is 1.63. The lowest BCUT2D eigenvalue weighted by Crippen LogP contribution is -2.32. The SMILES string of the molecule is COc1cc(/C=C2\SC(=O)N(CCOc3cc(C)ccc3C(C)C)C2=O)ccc1OCc1cccc([N+](=O)[O-])c1. The van der Waals surface area contributed by atoms with Gasteiger partial charge in [-0.3, -0.25) is 24.6 Å². The predicted octanol–water partition coefficient (Wildman–Crippen LogP) is 6.73. The van der Waals surface area contributed by atoms with Crippen molar-refractivity contribution in [2.75, 3.05) is 20.3 Å². The molecule has 0 unspecified atom stereocenters. The van der Waals surface area contributed by atoms with Crippen molar-refractivity contribution in [1.29, 1.82) is 0 Å². The van der Waals surface area contributed by atoms with Crippen molar-refractivity contribution in [3.63, 3.8) is 0 Å². The fourth-order valence-corrected chi connectivity index (χ4v) is 5.01. The van der Waals surface area contributed by atoms with Gasteiger partial charge in [-0.1, -0.05) is 44.2 Å². The number of hydrogen-bond donors (Lipinski definition) is 0. The van der Waals surface area contributed by atoms with Crippen molar-refractivity contribution in [3.8, 4) is 17.2 Å². The van der Waals surface area contributed by atoms with Crippen LogP contribution in [-0.2, 0) is 11.4 Å². The van der Waals surface area contributed by atoms with Crippen molar-refractivity contribution < 1.29 is 28.7 Å². The molecule has 208 valence electrons. The largest absolute Gasteiger partial charge is 0.493 e. The second-order valence-corrected chi connectivity index (χ2v) is 10.5. The average molecular weight is 563 g/mol. The summed E-state index contributed by atoms with van der Waals surface area (Å²) in [5.74, 6) is 1.53. The van der Waals surface area contributed by atoms with Gasteiger partial charge in [0.15, 0.2) is 11.5 Å². The third kappa shape index (κ3) is 6.81. The van der Waals surface area contributed by atoms with Crippen molar-refractivity contribution >= 4 is 34.7 Å². The summed E-state index contributed by atoms with van der Waals surface area (Å²) >= 11 is 0.878. The number of hydrogen-bond acceptors (Lipinski definition) is 8. The Labute approximate surface area is 236 Å². The summed E-state index contributed by atoms with van der Waals surface area (Å²) in [6.45, 7) is 6.61. The first-order chi connectivity index (χ1) is 19.2. The molecular formula is C30H30N2O7S. The van der Waals surface area contributed by atoms with E-state index in [1.54, 1.807) is 36.4 Å². The number of rotatable bonds is 11. The Morgan fingerprint density at radius 3 is 2.52 bits per heavy atom. The number of nitro benzene ring substituents is 1. The highest BCUT2D eigenvalue weighted by Crippen LogP contribution is 2.35. The molecule has 40 heavy (non-hydrogen) atoms. The van der Waals surface area contributed by atoms with Crippen molar-refractivity contribution in [3.05, 3.63) is 97.9 Å². The highest BCUT2D eigenvalue weighted by molar-refractivity contribution is 8.18. The van der Waals surface area contributed by atoms with Gasteiger partial charge in [0.2, 0.25) is 0 Å². The smallest absolute Gasteiger partial charge is 0.293 e. The average Bonchev–Trinajstić information content (AvgIpc) is 3.19. The zero-order chi connectivity index (χ0) is 28.8. The zero-order valence-corrected chi connectivity index (χ0v) is 23.5. The summed E-state index contributed by atoms with van der Waals surface area (Å²) in [4.78, 5) is 37.7. The van der Waals surface area contributed by atoms with Crippen LogP contribution >= 0.6 is 11.8 Å². The highest BCUT2D eigenvalue weighted by atomic mass is 32.2. The van der Waals surface area contributed by atoms with Gasteiger partial charge < -0.3 is 14.2 Å². The summed E-state index contributed by atoms with van der Waals surface area (Å²) < 4.78 is 17.2. The summed E-state index contributed by atoms with van der Waals surface area (Å²) in [5.41, 5.74) is 3.43. The van der Waals surface area contributed by atoms with E-state index in [1.807, 2.05) is 25.1 Å². The minimum Gasteiger partial charge on any atom is -0.493 e. The molecule has 9 nitrogen and oxygen atoms in total. The van der Waals surface area contributed by atoms with Crippen molar-refractivity contribution in [1.82, 2.24) is 4.90 Å². The van der Waals surface area contributed by atoms with Crippen molar-refractivity contribution in [2.24, 2.45) is 0 Å². The lowest BCUT2D eigenvalue weighted by Gasteiger charge is -2.17. The van der Waals surface area contributed by atoms with Crippen LogP contribution in [0, 0.1) is 17.0 Å². The molecule has 2 amide bonds. The molecule has 0 bridgehead atoms. The monoisotopic (exact) mass is 562 g/mol. The topological polar surface area (TPSA) is 108 Å². The molecule has 1 aliphatic heterocycles. The second kappa shape index (κ2) is 12.7. The van der Waals surface area contributed by atoms with E-state index in [-0.39, 0.29) is 42.5 Å². The number of nitro groups is 1. The standard InChI is InChI=1S/C30H30N2O7S/c1-19(2)24-10-8-20(3)14-26(24)38-13-12-31-29(33)28(40-30(31)34)17-21-9-11-25(27(16-21)37-4)39-18-22-6-5-7-23(15-22)32(35)36/h5-11,14-17,19H,12-13,18H2,1-4H3/b28-17-. The molecule has 3 aromatic carbocycles. The third-order valence-corrected chi connectivity index (χ3v) is 7.15. The number of benzene rings is 3. The molecule has 0 atom stereocenters. The number of amides is 2. The molecule has 3 aromatic rings. The number of aryl methyl sites for hydroxylation is 1. The summed E-state index contributed by atoms with van der Waals surface area (Å²) in [5, 5.41) is 10.7. The van der Waals surface area contributed by atoms with Crippen LogP contribution in [-0.4, -0.2) is 41.2 Å². The molecule has 0 saturated carbocycles. The van der Waals surface area contributed by atoms with Crippen LogP contribution in [0.4, 0.5) is 10.5 Å². The van der Waals surface area contributed by atoms with E-state index in [1.165, 1.54) is 24.1 Å². The van der Waals surface area contributed by atoms with Gasteiger partial charge in [-0.25, -0.2) is 0 Å². The normalized spacial score (nSPS) is 14.2. The van der Waals surface area contributed by atoms with Gasteiger partial charge >= 0.3 is 0 Å². The number of non-ortho nitro benzene ring substituents is 1. The Bertz CT molecular complexity index is 1470.